The topological polar surface area (TPSA) is 9.72 Å². The van der Waals surface area contributed by atoms with Crippen LogP contribution in [0.3, 0.4) is 0 Å². The van der Waals surface area contributed by atoms with Gasteiger partial charge in [-0.25, -0.2) is 0 Å². The molecule has 0 aliphatic heterocycles. The van der Waals surface area contributed by atoms with Crippen LogP contribution >= 0.6 is 0 Å². The minimum atomic E-state index is 0.230. The third-order valence-corrected chi connectivity index (χ3v) is 15.3. The van der Waals surface area contributed by atoms with E-state index in [1.165, 1.54) is 79.4 Å². The standard InChI is InChI=1S/C64H61N3/c1-3-5-15-49-24-30-57(31-25-49)67(58-32-28-53(29-33-58)64-45-50-42-51(46-64)44-63(43-50,47-64)52-26-22-48(4-2)23-27-52)62-40-38-61(39-41-62)66(56-20-13-8-14-21-56)60-36-34-59(35-37-60)65(54-16-9-6-10-17-54)55-18-11-7-12-19-55/h4,6-14,16-41,50-51H,2-3,5,15,42-47H2,1H3. The van der Waals surface area contributed by atoms with Gasteiger partial charge in [0.1, 0.15) is 0 Å². The molecular formula is C64H61N3. The van der Waals surface area contributed by atoms with Crippen LogP contribution in [0, 0.1) is 11.8 Å². The zero-order valence-corrected chi connectivity index (χ0v) is 38.9. The summed E-state index contributed by atoms with van der Waals surface area (Å²) >= 11 is 0. The zero-order valence-electron chi connectivity index (χ0n) is 38.9. The number of benzene rings is 8. The molecule has 0 heterocycles. The Balaban J connectivity index is 0.926. The van der Waals surface area contributed by atoms with Crippen molar-refractivity contribution < 1.29 is 0 Å². The largest absolute Gasteiger partial charge is 0.311 e. The number of nitrogens with zero attached hydrogens (tertiary/aromatic N) is 3. The van der Waals surface area contributed by atoms with Crippen LogP contribution in [0.1, 0.15) is 80.5 Å². The summed E-state index contributed by atoms with van der Waals surface area (Å²) in [5.41, 5.74) is 16.4. The van der Waals surface area contributed by atoms with Gasteiger partial charge in [-0.3, -0.25) is 0 Å². The molecule has 0 amide bonds. The molecule has 4 aliphatic carbocycles. The van der Waals surface area contributed by atoms with E-state index in [1.54, 1.807) is 5.56 Å². The van der Waals surface area contributed by atoms with Crippen LogP contribution in [0.15, 0.2) is 219 Å². The first kappa shape index (κ1) is 42.5. The normalized spacial score (nSPS) is 20.3. The highest BCUT2D eigenvalue weighted by Crippen LogP contribution is 2.66. The second kappa shape index (κ2) is 18.3. The fraction of sp³-hybridized carbons (Fsp3) is 0.219. The molecule has 4 bridgehead atoms. The maximum absolute atomic E-state index is 4.02. The lowest BCUT2D eigenvalue weighted by atomic mass is 9.42. The molecular weight excluding hydrogens is 811 g/mol. The van der Waals surface area contributed by atoms with Gasteiger partial charge in [0.2, 0.25) is 0 Å². The van der Waals surface area contributed by atoms with E-state index in [2.05, 4.69) is 241 Å². The molecule has 0 aromatic heterocycles. The van der Waals surface area contributed by atoms with E-state index in [1.807, 2.05) is 6.08 Å². The monoisotopic (exact) mass is 871 g/mol. The molecule has 4 saturated carbocycles. The fourth-order valence-electron chi connectivity index (χ4n) is 12.6. The van der Waals surface area contributed by atoms with Crippen LogP contribution < -0.4 is 14.7 Å². The molecule has 0 saturated heterocycles. The second-order valence-electron chi connectivity index (χ2n) is 19.7. The third kappa shape index (κ3) is 8.37. The van der Waals surface area contributed by atoms with Gasteiger partial charge in [-0.1, -0.05) is 129 Å². The molecule has 8 aromatic rings. The highest BCUT2D eigenvalue weighted by atomic mass is 15.2. The summed E-state index contributed by atoms with van der Waals surface area (Å²) < 4.78 is 0. The Bertz CT molecular complexity index is 2840. The number of hydrogen-bond acceptors (Lipinski definition) is 3. The van der Waals surface area contributed by atoms with Crippen LogP contribution in [0.2, 0.25) is 0 Å². The van der Waals surface area contributed by atoms with Crippen LogP contribution in [0.25, 0.3) is 6.08 Å². The van der Waals surface area contributed by atoms with Gasteiger partial charge in [0.25, 0.3) is 0 Å². The average Bonchev–Trinajstić information content (AvgIpc) is 3.38. The highest BCUT2D eigenvalue weighted by Gasteiger charge is 2.58. The summed E-state index contributed by atoms with van der Waals surface area (Å²) in [4.78, 5) is 7.12. The Morgan fingerprint density at radius 1 is 0.418 bits per heavy atom. The van der Waals surface area contributed by atoms with Crippen molar-refractivity contribution in [1.82, 2.24) is 0 Å². The first-order valence-corrected chi connectivity index (χ1v) is 24.7. The van der Waals surface area contributed by atoms with Gasteiger partial charge < -0.3 is 14.7 Å². The van der Waals surface area contributed by atoms with E-state index in [4.69, 9.17) is 0 Å². The number of anilines is 9. The van der Waals surface area contributed by atoms with Crippen molar-refractivity contribution in [2.45, 2.75) is 75.5 Å². The van der Waals surface area contributed by atoms with Gasteiger partial charge in [-0.15, -0.1) is 0 Å². The van der Waals surface area contributed by atoms with E-state index in [0.717, 1.165) is 58.1 Å². The Kier molecular flexibility index (Phi) is 11.6. The van der Waals surface area contributed by atoms with Gasteiger partial charge in [0.05, 0.1) is 0 Å². The van der Waals surface area contributed by atoms with E-state index in [9.17, 15) is 0 Å². The minimum Gasteiger partial charge on any atom is -0.311 e. The second-order valence-corrected chi connectivity index (χ2v) is 19.7. The third-order valence-electron chi connectivity index (χ3n) is 15.3. The van der Waals surface area contributed by atoms with Crippen molar-refractivity contribution in [1.29, 1.82) is 0 Å². The lowest BCUT2D eigenvalue weighted by Gasteiger charge is -2.63. The number of rotatable bonds is 15. The predicted molar refractivity (Wildman–Crippen MR) is 284 cm³/mol. The molecule has 3 heteroatoms. The Labute approximate surface area is 398 Å². The van der Waals surface area contributed by atoms with Gasteiger partial charge in [0, 0.05) is 51.2 Å². The number of aryl methyl sites for hydroxylation is 1. The number of para-hydroxylation sites is 3. The van der Waals surface area contributed by atoms with E-state index in [0.29, 0.717) is 0 Å². The van der Waals surface area contributed by atoms with Gasteiger partial charge in [-0.2, -0.15) is 0 Å². The van der Waals surface area contributed by atoms with Crippen molar-refractivity contribution in [2.75, 3.05) is 14.7 Å². The number of unbranched alkanes of at least 4 members (excludes halogenated alkanes) is 1. The fourth-order valence-corrected chi connectivity index (χ4v) is 12.6. The molecule has 4 aliphatic rings. The van der Waals surface area contributed by atoms with Crippen molar-refractivity contribution in [3.63, 3.8) is 0 Å². The van der Waals surface area contributed by atoms with Gasteiger partial charge in [0.15, 0.2) is 0 Å². The number of hydrogen-bond donors (Lipinski definition) is 0. The molecule has 3 nitrogen and oxygen atoms in total. The SMILES string of the molecule is C=Cc1ccc(C23CC4CC(C2)CC(c2ccc(N(c5ccc(CCCC)cc5)c5ccc(N(c6ccccc6)c6ccc(N(c7ccccc7)c7ccccc7)cc6)cc5)cc2)(C4)C3)cc1. The molecule has 0 spiro atoms. The quantitative estimate of drug-likeness (QED) is 0.102. The van der Waals surface area contributed by atoms with Crippen LogP contribution in [-0.4, -0.2) is 0 Å². The smallest absolute Gasteiger partial charge is 0.0463 e. The summed E-state index contributed by atoms with van der Waals surface area (Å²) in [6.07, 6.45) is 13.4. The summed E-state index contributed by atoms with van der Waals surface area (Å²) in [6, 6.07) is 78.5. The first-order chi connectivity index (χ1) is 33.0. The minimum absolute atomic E-state index is 0.230. The molecule has 4 fully saturated rings. The van der Waals surface area contributed by atoms with Crippen molar-refractivity contribution in [3.05, 3.63) is 241 Å². The molecule has 332 valence electrons. The molecule has 67 heavy (non-hydrogen) atoms. The molecule has 2 atom stereocenters. The zero-order chi connectivity index (χ0) is 45.2. The van der Waals surface area contributed by atoms with Gasteiger partial charge >= 0.3 is 0 Å². The molecule has 2 unspecified atom stereocenters. The van der Waals surface area contributed by atoms with E-state index >= 15 is 0 Å². The molecule has 0 N–H and O–H groups in total. The lowest BCUT2D eigenvalue weighted by Crippen LogP contribution is -2.55. The van der Waals surface area contributed by atoms with E-state index in [-0.39, 0.29) is 10.8 Å². The molecule has 12 rings (SSSR count). The van der Waals surface area contributed by atoms with Crippen molar-refractivity contribution >= 4 is 57.3 Å². The molecule has 8 aromatic carbocycles. The first-order valence-electron chi connectivity index (χ1n) is 24.7. The summed E-state index contributed by atoms with van der Waals surface area (Å²) in [5.74, 6) is 1.60. The van der Waals surface area contributed by atoms with Gasteiger partial charge in [-0.05, 0) is 205 Å². The summed E-state index contributed by atoms with van der Waals surface area (Å²) in [7, 11) is 0. The lowest BCUT2D eigenvalue weighted by molar-refractivity contribution is -0.0281. The Hall–Kier alpha value is -7.10. The van der Waals surface area contributed by atoms with Crippen molar-refractivity contribution in [3.8, 4) is 0 Å². The molecule has 0 radical (unpaired) electrons. The Morgan fingerprint density at radius 3 is 1.07 bits per heavy atom. The average molecular weight is 872 g/mol. The predicted octanol–water partition coefficient (Wildman–Crippen LogP) is 17.9. The Morgan fingerprint density at radius 2 is 0.731 bits per heavy atom. The summed E-state index contributed by atoms with van der Waals surface area (Å²) in [6.45, 7) is 6.30. The maximum atomic E-state index is 4.02. The summed E-state index contributed by atoms with van der Waals surface area (Å²) in [5, 5.41) is 0. The van der Waals surface area contributed by atoms with E-state index < -0.39 is 0 Å². The van der Waals surface area contributed by atoms with Crippen LogP contribution in [0.4, 0.5) is 51.2 Å². The maximum Gasteiger partial charge on any atom is 0.0463 e. The highest BCUT2D eigenvalue weighted by molar-refractivity contribution is 5.83. The van der Waals surface area contributed by atoms with Crippen LogP contribution in [0.5, 0.6) is 0 Å². The van der Waals surface area contributed by atoms with Crippen LogP contribution in [-0.2, 0) is 17.3 Å². The van der Waals surface area contributed by atoms with Crippen molar-refractivity contribution in [2.24, 2.45) is 11.8 Å².